The summed E-state index contributed by atoms with van der Waals surface area (Å²) in [6.07, 6.45) is 0.921. The summed E-state index contributed by atoms with van der Waals surface area (Å²) >= 11 is 0. The highest BCUT2D eigenvalue weighted by atomic mass is 16.1. The minimum atomic E-state index is -0.306. The summed E-state index contributed by atoms with van der Waals surface area (Å²) in [6.45, 7) is 4.64. The zero-order valence-corrected chi connectivity index (χ0v) is 9.29. The minimum absolute atomic E-state index is 0.256. The number of benzene rings is 1. The van der Waals surface area contributed by atoms with E-state index in [9.17, 15) is 4.79 Å². The number of nitrogens with one attached hydrogen (secondary N) is 1. The first kappa shape index (κ1) is 11.7. The fourth-order valence-corrected chi connectivity index (χ4v) is 1.41. The highest BCUT2D eigenvalue weighted by Gasteiger charge is 2.06. The van der Waals surface area contributed by atoms with Gasteiger partial charge in [0.05, 0.1) is 6.04 Å². The maximum Gasteiger partial charge on any atom is 0.234 e. The van der Waals surface area contributed by atoms with Gasteiger partial charge in [0.15, 0.2) is 0 Å². The number of amides is 1. The van der Waals surface area contributed by atoms with Crippen LogP contribution in [0.3, 0.4) is 0 Å². The molecule has 0 saturated heterocycles. The molecule has 0 heterocycles. The van der Waals surface area contributed by atoms with Crippen molar-refractivity contribution in [2.75, 3.05) is 6.54 Å². The van der Waals surface area contributed by atoms with Crippen molar-refractivity contribution in [3.8, 4) is 0 Å². The average Bonchev–Trinajstić information content (AvgIpc) is 2.20. The number of primary amides is 1. The molecule has 1 amide bonds. The van der Waals surface area contributed by atoms with Gasteiger partial charge in [0.25, 0.3) is 0 Å². The third kappa shape index (κ3) is 3.72. The van der Waals surface area contributed by atoms with Crippen molar-refractivity contribution in [1.82, 2.24) is 5.32 Å². The topological polar surface area (TPSA) is 55.1 Å². The Labute approximate surface area is 90.7 Å². The third-order valence-corrected chi connectivity index (χ3v) is 2.53. The summed E-state index contributed by atoms with van der Waals surface area (Å²) < 4.78 is 0. The molecule has 0 aliphatic heterocycles. The second-order valence-corrected chi connectivity index (χ2v) is 3.75. The van der Waals surface area contributed by atoms with E-state index in [1.165, 1.54) is 11.1 Å². The van der Waals surface area contributed by atoms with Crippen molar-refractivity contribution in [3.63, 3.8) is 0 Å². The summed E-state index contributed by atoms with van der Waals surface area (Å²) in [4.78, 5) is 10.8. The normalized spacial score (nSPS) is 12.4. The largest absolute Gasteiger partial charge is 0.368 e. The molecule has 15 heavy (non-hydrogen) atoms. The maximum absolute atomic E-state index is 10.8. The highest BCUT2D eigenvalue weighted by molar-refractivity contribution is 5.79. The molecule has 3 heteroatoms. The van der Waals surface area contributed by atoms with E-state index in [1.807, 2.05) is 12.1 Å². The fraction of sp³-hybridized carbons (Fsp3) is 0.417. The fourth-order valence-electron chi connectivity index (χ4n) is 1.41. The molecule has 3 nitrogen and oxygen atoms in total. The second-order valence-electron chi connectivity index (χ2n) is 3.75. The van der Waals surface area contributed by atoms with Crippen LogP contribution in [-0.2, 0) is 11.2 Å². The molecular formula is C12H18N2O. The van der Waals surface area contributed by atoms with Crippen LogP contribution in [0.5, 0.6) is 0 Å². The van der Waals surface area contributed by atoms with Gasteiger partial charge in [-0.15, -0.1) is 0 Å². The molecule has 1 unspecified atom stereocenters. The molecule has 0 aliphatic carbocycles. The Morgan fingerprint density at radius 3 is 2.73 bits per heavy atom. The summed E-state index contributed by atoms with van der Waals surface area (Å²) in [5.74, 6) is -0.306. The Morgan fingerprint density at radius 2 is 2.13 bits per heavy atom. The van der Waals surface area contributed by atoms with Crippen molar-refractivity contribution in [1.29, 1.82) is 0 Å². The molecule has 1 aromatic rings. The molecule has 0 spiro atoms. The summed E-state index contributed by atoms with van der Waals surface area (Å²) in [5, 5.41) is 3.08. The van der Waals surface area contributed by atoms with Crippen LogP contribution >= 0.6 is 0 Å². The summed E-state index contributed by atoms with van der Waals surface area (Å²) in [5.41, 5.74) is 7.73. The average molecular weight is 206 g/mol. The number of hydrogen-bond acceptors (Lipinski definition) is 2. The van der Waals surface area contributed by atoms with Crippen molar-refractivity contribution < 1.29 is 4.79 Å². The Bertz CT molecular complexity index is 336. The molecule has 0 saturated carbocycles. The lowest BCUT2D eigenvalue weighted by Gasteiger charge is -2.10. The van der Waals surface area contributed by atoms with E-state index in [-0.39, 0.29) is 11.9 Å². The van der Waals surface area contributed by atoms with Crippen LogP contribution in [0.2, 0.25) is 0 Å². The Kier molecular flexibility index (Phi) is 4.31. The number of carbonyl (C=O) groups is 1. The molecule has 1 rings (SSSR count). The Morgan fingerprint density at radius 1 is 1.47 bits per heavy atom. The molecule has 0 fully saturated rings. The summed E-state index contributed by atoms with van der Waals surface area (Å²) in [7, 11) is 0. The van der Waals surface area contributed by atoms with E-state index in [4.69, 9.17) is 5.73 Å². The lowest BCUT2D eigenvalue weighted by atomic mass is 10.1. The van der Waals surface area contributed by atoms with E-state index in [0.717, 1.165) is 13.0 Å². The molecule has 0 radical (unpaired) electrons. The van der Waals surface area contributed by atoms with Gasteiger partial charge >= 0.3 is 0 Å². The number of nitrogens with two attached hydrogens (primary N) is 1. The van der Waals surface area contributed by atoms with E-state index in [1.54, 1.807) is 6.92 Å². The Hall–Kier alpha value is -1.35. The predicted molar refractivity (Wildman–Crippen MR) is 61.5 cm³/mol. The first-order valence-electron chi connectivity index (χ1n) is 5.18. The zero-order valence-electron chi connectivity index (χ0n) is 9.29. The molecule has 0 bridgehead atoms. The smallest absolute Gasteiger partial charge is 0.234 e. The van der Waals surface area contributed by atoms with Crippen LogP contribution in [0.1, 0.15) is 18.1 Å². The van der Waals surface area contributed by atoms with Crippen LogP contribution in [0.15, 0.2) is 24.3 Å². The predicted octanol–water partition coefficient (Wildman–Crippen LogP) is 1.00. The quantitative estimate of drug-likeness (QED) is 0.755. The van der Waals surface area contributed by atoms with Gasteiger partial charge in [0, 0.05) is 0 Å². The van der Waals surface area contributed by atoms with Gasteiger partial charge in [-0.2, -0.15) is 0 Å². The van der Waals surface area contributed by atoms with Crippen molar-refractivity contribution in [2.24, 2.45) is 5.73 Å². The van der Waals surface area contributed by atoms with Gasteiger partial charge < -0.3 is 11.1 Å². The maximum atomic E-state index is 10.8. The van der Waals surface area contributed by atoms with Crippen molar-refractivity contribution >= 4 is 5.91 Å². The molecule has 1 atom stereocenters. The SMILES string of the molecule is Cc1ccccc1CCNC(C)C(N)=O. The van der Waals surface area contributed by atoms with Crippen molar-refractivity contribution in [2.45, 2.75) is 26.3 Å². The van der Waals surface area contributed by atoms with Gasteiger partial charge in [-0.25, -0.2) is 0 Å². The monoisotopic (exact) mass is 206 g/mol. The first-order valence-corrected chi connectivity index (χ1v) is 5.18. The third-order valence-electron chi connectivity index (χ3n) is 2.53. The van der Waals surface area contributed by atoms with Gasteiger partial charge in [0.1, 0.15) is 0 Å². The van der Waals surface area contributed by atoms with Crippen LogP contribution < -0.4 is 11.1 Å². The van der Waals surface area contributed by atoms with Crippen LogP contribution in [0.25, 0.3) is 0 Å². The van der Waals surface area contributed by atoms with Crippen LogP contribution in [0, 0.1) is 6.92 Å². The van der Waals surface area contributed by atoms with Gasteiger partial charge in [0.2, 0.25) is 5.91 Å². The molecular weight excluding hydrogens is 188 g/mol. The lowest BCUT2D eigenvalue weighted by molar-refractivity contribution is -0.119. The van der Waals surface area contributed by atoms with E-state index in [0.29, 0.717) is 0 Å². The van der Waals surface area contributed by atoms with E-state index >= 15 is 0 Å². The second kappa shape index (κ2) is 5.51. The Balaban J connectivity index is 2.38. The van der Waals surface area contributed by atoms with Gasteiger partial charge in [-0.1, -0.05) is 24.3 Å². The standard InChI is InChI=1S/C12H18N2O/c1-9-5-3-4-6-11(9)7-8-14-10(2)12(13)15/h3-6,10,14H,7-8H2,1-2H3,(H2,13,15). The van der Waals surface area contributed by atoms with Crippen molar-refractivity contribution in [3.05, 3.63) is 35.4 Å². The number of aryl methyl sites for hydroxylation is 1. The van der Waals surface area contributed by atoms with E-state index < -0.39 is 0 Å². The zero-order chi connectivity index (χ0) is 11.3. The van der Waals surface area contributed by atoms with E-state index in [2.05, 4.69) is 24.4 Å². The number of rotatable bonds is 5. The lowest BCUT2D eigenvalue weighted by Crippen LogP contribution is -2.39. The van der Waals surface area contributed by atoms with Gasteiger partial charge in [-0.05, 0) is 37.9 Å². The molecule has 82 valence electrons. The van der Waals surface area contributed by atoms with Gasteiger partial charge in [-0.3, -0.25) is 4.79 Å². The van der Waals surface area contributed by atoms with Crippen LogP contribution in [-0.4, -0.2) is 18.5 Å². The number of hydrogen-bond donors (Lipinski definition) is 2. The minimum Gasteiger partial charge on any atom is -0.368 e. The molecule has 3 N–H and O–H groups in total. The molecule has 1 aromatic carbocycles. The molecule has 0 aliphatic rings. The highest BCUT2D eigenvalue weighted by Crippen LogP contribution is 2.06. The van der Waals surface area contributed by atoms with Crippen LogP contribution in [0.4, 0.5) is 0 Å². The molecule has 0 aromatic heterocycles. The summed E-state index contributed by atoms with van der Waals surface area (Å²) in [6, 6.07) is 7.99. The first-order chi connectivity index (χ1) is 7.11. The number of carbonyl (C=O) groups excluding carboxylic acids is 1.